The zero-order valence-electron chi connectivity index (χ0n) is 18.1. The SMILES string of the molecule is CCN([C@H](COc1cc(C(F)(F)F)ccc1C1CC(=O)c2cccc(Cl)c2O1)C(=O)O)S(N)(=O)=O. The molecule has 0 aromatic heterocycles. The number of carboxylic acid groups (broad SMARTS) is 1. The van der Waals surface area contributed by atoms with Crippen molar-refractivity contribution in [2.75, 3.05) is 13.2 Å². The zero-order chi connectivity index (χ0) is 26.1. The minimum atomic E-state index is -4.77. The summed E-state index contributed by atoms with van der Waals surface area (Å²) in [6, 6.07) is 5.12. The molecule has 2 aromatic rings. The van der Waals surface area contributed by atoms with Crippen molar-refractivity contribution < 1.29 is 45.8 Å². The van der Waals surface area contributed by atoms with Gasteiger partial charge in [0.1, 0.15) is 24.2 Å². The van der Waals surface area contributed by atoms with Gasteiger partial charge in [-0.3, -0.25) is 9.59 Å². The molecule has 1 aliphatic heterocycles. The predicted molar refractivity (Wildman–Crippen MR) is 118 cm³/mol. The quantitative estimate of drug-likeness (QED) is 0.527. The molecule has 1 unspecified atom stereocenters. The summed E-state index contributed by atoms with van der Waals surface area (Å²) < 4.78 is 75.3. The summed E-state index contributed by atoms with van der Waals surface area (Å²) in [7, 11) is -4.46. The molecule has 14 heteroatoms. The van der Waals surface area contributed by atoms with Crippen LogP contribution in [0.1, 0.15) is 40.9 Å². The van der Waals surface area contributed by atoms with E-state index in [0.717, 1.165) is 12.1 Å². The number of carboxylic acids is 1. The molecular formula is C21H20ClF3N2O7S. The number of halogens is 4. The van der Waals surface area contributed by atoms with E-state index in [0.29, 0.717) is 10.4 Å². The molecule has 0 saturated carbocycles. The van der Waals surface area contributed by atoms with Crippen molar-refractivity contribution in [1.29, 1.82) is 0 Å². The fraction of sp³-hybridized carbons (Fsp3) is 0.333. The molecule has 2 atom stereocenters. The maximum atomic E-state index is 13.4. The molecule has 1 aliphatic rings. The van der Waals surface area contributed by atoms with Crippen molar-refractivity contribution in [2.24, 2.45) is 5.14 Å². The third-order valence-electron chi connectivity index (χ3n) is 5.25. The van der Waals surface area contributed by atoms with Gasteiger partial charge in [0.05, 0.1) is 22.6 Å². The van der Waals surface area contributed by atoms with Gasteiger partial charge in [-0.2, -0.15) is 25.9 Å². The van der Waals surface area contributed by atoms with Gasteiger partial charge in [0, 0.05) is 12.1 Å². The average molecular weight is 537 g/mol. The first-order chi connectivity index (χ1) is 16.2. The van der Waals surface area contributed by atoms with Crippen molar-refractivity contribution in [3.63, 3.8) is 0 Å². The number of carbonyl (C=O) groups excluding carboxylic acids is 1. The van der Waals surface area contributed by atoms with Gasteiger partial charge in [-0.1, -0.05) is 30.7 Å². The Hall–Kier alpha value is -2.87. The standard InChI is InChI=1S/C21H20ClF3N2O7S/c1-2-27(35(26,31)32)15(20(29)30)10-33-17-8-11(21(23,24)25)6-7-13(17)18-9-16(28)12-4-3-5-14(22)19(12)34-18/h3-8,15,18H,2,9-10H2,1H3,(H,29,30)(H2,26,31,32)/t15-,18?/m1/s1. The lowest BCUT2D eigenvalue weighted by molar-refractivity contribution is -0.142. The Morgan fingerprint density at radius 2 is 2.03 bits per heavy atom. The smallest absolute Gasteiger partial charge is 0.416 e. The van der Waals surface area contributed by atoms with Gasteiger partial charge >= 0.3 is 12.1 Å². The molecule has 0 bridgehead atoms. The molecule has 9 nitrogen and oxygen atoms in total. The highest BCUT2D eigenvalue weighted by Crippen LogP contribution is 2.43. The van der Waals surface area contributed by atoms with Crippen LogP contribution in [0.5, 0.6) is 11.5 Å². The van der Waals surface area contributed by atoms with Gasteiger partial charge in [-0.05, 0) is 24.3 Å². The third kappa shape index (κ3) is 5.86. The highest BCUT2D eigenvalue weighted by atomic mass is 35.5. The van der Waals surface area contributed by atoms with E-state index in [9.17, 15) is 36.3 Å². The van der Waals surface area contributed by atoms with Crippen LogP contribution in [0.3, 0.4) is 0 Å². The fourth-order valence-corrected chi connectivity index (χ4v) is 4.69. The summed E-state index contributed by atoms with van der Waals surface area (Å²) in [6.45, 7) is 0.134. The lowest BCUT2D eigenvalue weighted by atomic mass is 9.95. The number of rotatable bonds is 8. The molecule has 190 valence electrons. The maximum Gasteiger partial charge on any atom is 0.416 e. The van der Waals surface area contributed by atoms with Crippen LogP contribution in [-0.2, 0) is 21.2 Å². The zero-order valence-corrected chi connectivity index (χ0v) is 19.7. The van der Waals surface area contributed by atoms with Gasteiger partial charge in [-0.15, -0.1) is 0 Å². The second kappa shape index (κ2) is 10.0. The van der Waals surface area contributed by atoms with E-state index >= 15 is 0 Å². The molecule has 2 aromatic carbocycles. The number of fused-ring (bicyclic) bond motifs is 1. The highest BCUT2D eigenvalue weighted by molar-refractivity contribution is 7.86. The Morgan fingerprint density at radius 3 is 2.60 bits per heavy atom. The minimum Gasteiger partial charge on any atom is -0.491 e. The van der Waals surface area contributed by atoms with E-state index in [2.05, 4.69) is 0 Å². The normalized spacial score (nSPS) is 17.0. The van der Waals surface area contributed by atoms with Crippen LogP contribution >= 0.6 is 11.6 Å². The van der Waals surface area contributed by atoms with E-state index in [1.54, 1.807) is 6.07 Å². The Kier molecular flexibility index (Phi) is 7.65. The van der Waals surface area contributed by atoms with Gasteiger partial charge in [0.15, 0.2) is 11.8 Å². The summed E-state index contributed by atoms with van der Waals surface area (Å²) in [6.07, 6.45) is -6.12. The van der Waals surface area contributed by atoms with Crippen LogP contribution < -0.4 is 14.6 Å². The fourth-order valence-electron chi connectivity index (χ4n) is 3.61. The molecule has 3 N–H and O–H groups in total. The van der Waals surface area contributed by atoms with Crippen molar-refractivity contribution in [3.05, 3.63) is 58.1 Å². The monoisotopic (exact) mass is 536 g/mol. The Labute approximate surface area is 203 Å². The van der Waals surface area contributed by atoms with Crippen molar-refractivity contribution in [3.8, 4) is 11.5 Å². The predicted octanol–water partition coefficient (Wildman–Crippen LogP) is 3.42. The van der Waals surface area contributed by atoms with Gasteiger partial charge in [-0.25, -0.2) is 5.14 Å². The van der Waals surface area contributed by atoms with Gasteiger partial charge in [0.25, 0.3) is 10.2 Å². The summed E-state index contributed by atoms with van der Waals surface area (Å²) in [4.78, 5) is 24.3. The van der Waals surface area contributed by atoms with Crippen molar-refractivity contribution >= 4 is 33.6 Å². The minimum absolute atomic E-state index is 0.0136. The number of nitrogens with zero attached hydrogens (tertiary/aromatic N) is 1. The lowest BCUT2D eigenvalue weighted by Gasteiger charge is -2.29. The molecule has 0 spiro atoms. The Balaban J connectivity index is 2.01. The number of hydrogen-bond acceptors (Lipinski definition) is 6. The number of ketones is 1. The molecule has 0 fully saturated rings. The molecule has 3 rings (SSSR count). The summed E-state index contributed by atoms with van der Waals surface area (Å²) in [5.41, 5.74) is -0.886. The Morgan fingerprint density at radius 1 is 1.34 bits per heavy atom. The number of ether oxygens (including phenoxy) is 2. The van der Waals surface area contributed by atoms with Crippen molar-refractivity contribution in [1.82, 2.24) is 4.31 Å². The number of aliphatic carboxylic acids is 1. The maximum absolute atomic E-state index is 13.4. The topological polar surface area (TPSA) is 136 Å². The first kappa shape index (κ1) is 26.7. The molecular weight excluding hydrogens is 517 g/mol. The van der Waals surface area contributed by atoms with E-state index in [1.165, 1.54) is 19.1 Å². The van der Waals surface area contributed by atoms with E-state index in [-0.39, 0.29) is 40.6 Å². The second-order valence-electron chi connectivity index (χ2n) is 7.51. The number of Topliss-reactive ketones (excluding diaryl/α,β-unsaturated/α-hetero) is 1. The van der Waals surface area contributed by atoms with Crippen LogP contribution in [0.2, 0.25) is 5.02 Å². The first-order valence-corrected chi connectivity index (χ1v) is 12.0. The molecule has 0 saturated heterocycles. The summed E-state index contributed by atoms with van der Waals surface area (Å²) in [5.74, 6) is -2.39. The van der Waals surface area contributed by atoms with Gasteiger partial charge in [0.2, 0.25) is 0 Å². The van der Waals surface area contributed by atoms with Crippen LogP contribution in [0, 0.1) is 0 Å². The van der Waals surface area contributed by atoms with E-state index in [4.69, 9.17) is 26.2 Å². The highest BCUT2D eigenvalue weighted by Gasteiger charge is 2.36. The number of benzene rings is 2. The van der Waals surface area contributed by atoms with E-state index in [1.807, 2.05) is 0 Å². The summed E-state index contributed by atoms with van der Waals surface area (Å²) >= 11 is 6.12. The number of nitrogens with two attached hydrogens (primary N) is 1. The molecule has 1 heterocycles. The number of carbonyl (C=O) groups is 2. The lowest BCUT2D eigenvalue weighted by Crippen LogP contribution is -2.50. The summed E-state index contributed by atoms with van der Waals surface area (Å²) in [5, 5.41) is 14.7. The first-order valence-electron chi connectivity index (χ1n) is 10.1. The molecule has 35 heavy (non-hydrogen) atoms. The Bertz CT molecular complexity index is 1250. The third-order valence-corrected chi connectivity index (χ3v) is 6.72. The second-order valence-corrected chi connectivity index (χ2v) is 9.42. The van der Waals surface area contributed by atoms with Crippen LogP contribution in [-0.4, -0.2) is 48.8 Å². The van der Waals surface area contributed by atoms with Crippen molar-refractivity contribution in [2.45, 2.75) is 31.7 Å². The van der Waals surface area contributed by atoms with E-state index < -0.39 is 52.4 Å². The molecule has 0 aliphatic carbocycles. The molecule has 0 amide bonds. The number of likely N-dealkylation sites (N-methyl/N-ethyl adjacent to an activating group) is 1. The number of para-hydroxylation sites is 1. The largest absolute Gasteiger partial charge is 0.491 e. The van der Waals surface area contributed by atoms with Crippen LogP contribution in [0.4, 0.5) is 13.2 Å². The van der Waals surface area contributed by atoms with Crippen LogP contribution in [0.15, 0.2) is 36.4 Å². The number of alkyl halides is 3. The van der Waals surface area contributed by atoms with Crippen LogP contribution in [0.25, 0.3) is 0 Å². The van der Waals surface area contributed by atoms with Gasteiger partial charge < -0.3 is 14.6 Å². The average Bonchev–Trinajstić information content (AvgIpc) is 2.75. The molecule has 0 radical (unpaired) electrons. The number of hydrogen-bond donors (Lipinski definition) is 2.